The minimum atomic E-state index is 0.118. The number of benzene rings is 2. The summed E-state index contributed by atoms with van der Waals surface area (Å²) in [6.07, 6.45) is 5.10. The van der Waals surface area contributed by atoms with Gasteiger partial charge in [-0.05, 0) is 42.3 Å². The number of aryl methyl sites for hydroxylation is 2. The van der Waals surface area contributed by atoms with Gasteiger partial charge in [-0.25, -0.2) is 0 Å². The molecule has 1 heterocycles. The Labute approximate surface area is 124 Å². The average molecular weight is 277 g/mol. The van der Waals surface area contributed by atoms with Crippen LogP contribution in [0.2, 0.25) is 0 Å². The quantitative estimate of drug-likeness (QED) is 0.645. The number of nitrogens with zero attached hydrogens (tertiary/aromatic N) is 1. The van der Waals surface area contributed by atoms with Crippen molar-refractivity contribution >= 4 is 10.8 Å². The third-order valence-corrected chi connectivity index (χ3v) is 3.84. The van der Waals surface area contributed by atoms with Crippen molar-refractivity contribution in [3.05, 3.63) is 82.8 Å². The molecular formula is C19H19NO. The van der Waals surface area contributed by atoms with Crippen LogP contribution in [-0.2, 0) is 13.0 Å². The van der Waals surface area contributed by atoms with E-state index in [0.29, 0.717) is 0 Å². The first kappa shape index (κ1) is 13.6. The van der Waals surface area contributed by atoms with Crippen LogP contribution in [0.1, 0.15) is 18.4 Å². The molecule has 0 fully saturated rings. The highest BCUT2D eigenvalue weighted by Crippen LogP contribution is 2.09. The molecule has 0 aliphatic rings. The summed E-state index contributed by atoms with van der Waals surface area (Å²) in [5.41, 5.74) is 1.48. The second-order valence-electron chi connectivity index (χ2n) is 5.34. The summed E-state index contributed by atoms with van der Waals surface area (Å²) in [6, 6.07) is 20.3. The van der Waals surface area contributed by atoms with E-state index in [4.69, 9.17) is 0 Å². The van der Waals surface area contributed by atoms with Crippen LogP contribution in [0, 0.1) is 0 Å². The van der Waals surface area contributed by atoms with Gasteiger partial charge in [0.15, 0.2) is 0 Å². The van der Waals surface area contributed by atoms with Crippen molar-refractivity contribution in [2.75, 3.05) is 0 Å². The first-order valence-electron chi connectivity index (χ1n) is 7.47. The summed E-state index contributed by atoms with van der Waals surface area (Å²) in [5, 5.41) is 1.83. The van der Waals surface area contributed by atoms with Gasteiger partial charge < -0.3 is 4.57 Å². The molecule has 0 saturated carbocycles. The van der Waals surface area contributed by atoms with Crippen LogP contribution < -0.4 is 5.56 Å². The Balaban J connectivity index is 1.63. The maximum Gasteiger partial charge on any atom is 0.258 e. The Bertz CT molecular complexity index is 774. The zero-order valence-corrected chi connectivity index (χ0v) is 12.0. The lowest BCUT2D eigenvalue weighted by atomic mass is 10.1. The number of aromatic nitrogens is 1. The molecule has 3 aromatic rings. The zero-order valence-electron chi connectivity index (χ0n) is 12.0. The lowest BCUT2D eigenvalue weighted by Crippen LogP contribution is -2.19. The van der Waals surface area contributed by atoms with Crippen LogP contribution in [0.3, 0.4) is 0 Å². The molecule has 2 aromatic carbocycles. The monoisotopic (exact) mass is 277 g/mol. The smallest absolute Gasteiger partial charge is 0.258 e. The first-order chi connectivity index (χ1) is 10.3. The molecule has 2 heteroatoms. The number of fused-ring (bicyclic) bond motifs is 1. The number of rotatable bonds is 5. The van der Waals surface area contributed by atoms with Gasteiger partial charge in [-0.3, -0.25) is 4.79 Å². The number of pyridine rings is 1. The number of unbranched alkanes of at least 4 members (excludes halogenated alkanes) is 1. The van der Waals surface area contributed by atoms with E-state index in [1.807, 2.05) is 47.2 Å². The van der Waals surface area contributed by atoms with E-state index in [1.54, 1.807) is 0 Å². The van der Waals surface area contributed by atoms with E-state index < -0.39 is 0 Å². The topological polar surface area (TPSA) is 22.0 Å². The molecule has 3 rings (SSSR count). The van der Waals surface area contributed by atoms with Crippen LogP contribution in [0.5, 0.6) is 0 Å². The van der Waals surface area contributed by atoms with Gasteiger partial charge in [0.2, 0.25) is 0 Å². The van der Waals surface area contributed by atoms with Crippen molar-refractivity contribution in [3.63, 3.8) is 0 Å². The molecule has 106 valence electrons. The van der Waals surface area contributed by atoms with Crippen molar-refractivity contribution in [2.45, 2.75) is 25.8 Å². The fraction of sp³-hybridized carbons (Fsp3) is 0.211. The molecule has 0 aliphatic heterocycles. The van der Waals surface area contributed by atoms with Crippen molar-refractivity contribution in [1.29, 1.82) is 0 Å². The molecule has 2 nitrogen and oxygen atoms in total. The molecule has 0 amide bonds. The Morgan fingerprint density at radius 3 is 2.43 bits per heavy atom. The summed E-state index contributed by atoms with van der Waals surface area (Å²) < 4.78 is 1.83. The Kier molecular flexibility index (Phi) is 4.15. The lowest BCUT2D eigenvalue weighted by Gasteiger charge is -2.07. The molecule has 1 aromatic heterocycles. The van der Waals surface area contributed by atoms with Gasteiger partial charge in [0, 0.05) is 18.1 Å². The first-order valence-corrected chi connectivity index (χ1v) is 7.47. The Hall–Kier alpha value is -2.35. The molecule has 0 radical (unpaired) electrons. The largest absolute Gasteiger partial charge is 0.315 e. The molecule has 0 atom stereocenters. The fourth-order valence-electron chi connectivity index (χ4n) is 2.66. The Morgan fingerprint density at radius 2 is 1.57 bits per heavy atom. The van der Waals surface area contributed by atoms with Crippen LogP contribution >= 0.6 is 0 Å². The van der Waals surface area contributed by atoms with E-state index in [0.717, 1.165) is 36.6 Å². The molecule has 0 unspecified atom stereocenters. The highest BCUT2D eigenvalue weighted by molar-refractivity contribution is 5.81. The fourth-order valence-corrected chi connectivity index (χ4v) is 2.66. The van der Waals surface area contributed by atoms with Crippen molar-refractivity contribution in [3.8, 4) is 0 Å². The van der Waals surface area contributed by atoms with Crippen molar-refractivity contribution < 1.29 is 0 Å². The zero-order chi connectivity index (χ0) is 14.5. The summed E-state index contributed by atoms with van der Waals surface area (Å²) in [7, 11) is 0. The summed E-state index contributed by atoms with van der Waals surface area (Å²) >= 11 is 0. The highest BCUT2D eigenvalue weighted by Gasteiger charge is 2.01. The maximum atomic E-state index is 12.4. The summed E-state index contributed by atoms with van der Waals surface area (Å²) in [4.78, 5) is 12.4. The molecule has 0 aliphatic carbocycles. The number of hydrogen-bond acceptors (Lipinski definition) is 1. The highest BCUT2D eigenvalue weighted by atomic mass is 16.1. The second-order valence-corrected chi connectivity index (χ2v) is 5.34. The van der Waals surface area contributed by atoms with E-state index in [-0.39, 0.29) is 5.56 Å². The number of hydrogen-bond donors (Lipinski definition) is 0. The van der Waals surface area contributed by atoms with Crippen LogP contribution in [0.15, 0.2) is 71.7 Å². The molecule has 0 bridgehead atoms. The average Bonchev–Trinajstić information content (AvgIpc) is 2.55. The molecule has 0 saturated heterocycles. The van der Waals surface area contributed by atoms with Crippen LogP contribution in [0.4, 0.5) is 0 Å². The second kappa shape index (κ2) is 6.40. The minimum absolute atomic E-state index is 0.118. The van der Waals surface area contributed by atoms with Crippen molar-refractivity contribution in [2.24, 2.45) is 0 Å². The van der Waals surface area contributed by atoms with Gasteiger partial charge in [0.25, 0.3) is 5.56 Å². The van der Waals surface area contributed by atoms with Gasteiger partial charge in [-0.2, -0.15) is 0 Å². The van der Waals surface area contributed by atoms with E-state index in [2.05, 4.69) is 24.3 Å². The third-order valence-electron chi connectivity index (χ3n) is 3.84. The molecular weight excluding hydrogens is 258 g/mol. The summed E-state index contributed by atoms with van der Waals surface area (Å²) in [5.74, 6) is 0. The minimum Gasteiger partial charge on any atom is -0.315 e. The Morgan fingerprint density at radius 1 is 0.810 bits per heavy atom. The van der Waals surface area contributed by atoms with E-state index in [1.165, 1.54) is 5.56 Å². The van der Waals surface area contributed by atoms with Crippen LogP contribution in [-0.4, -0.2) is 4.57 Å². The molecule has 0 N–H and O–H groups in total. The maximum absolute atomic E-state index is 12.4. The lowest BCUT2D eigenvalue weighted by molar-refractivity contribution is 0.597. The SMILES string of the molecule is O=c1c2ccccc2ccn1CCCCc1ccccc1. The molecule has 0 spiro atoms. The summed E-state index contributed by atoms with van der Waals surface area (Å²) in [6.45, 7) is 0.788. The predicted octanol–water partition coefficient (Wildman–Crippen LogP) is 4.02. The molecule has 21 heavy (non-hydrogen) atoms. The van der Waals surface area contributed by atoms with E-state index >= 15 is 0 Å². The standard InChI is InChI=1S/C19H19NO/c21-19-18-12-5-4-11-17(18)13-15-20(19)14-7-6-10-16-8-2-1-3-9-16/h1-5,8-9,11-13,15H,6-7,10,14H2. The van der Waals surface area contributed by atoms with Crippen molar-refractivity contribution in [1.82, 2.24) is 4.57 Å². The van der Waals surface area contributed by atoms with E-state index in [9.17, 15) is 4.79 Å². The van der Waals surface area contributed by atoms with Gasteiger partial charge >= 0.3 is 0 Å². The van der Waals surface area contributed by atoms with Gasteiger partial charge in [0.05, 0.1) is 0 Å². The van der Waals surface area contributed by atoms with Gasteiger partial charge in [-0.15, -0.1) is 0 Å². The van der Waals surface area contributed by atoms with Gasteiger partial charge in [-0.1, -0.05) is 48.5 Å². The third kappa shape index (κ3) is 3.22. The predicted molar refractivity (Wildman–Crippen MR) is 87.6 cm³/mol. The van der Waals surface area contributed by atoms with Crippen LogP contribution in [0.25, 0.3) is 10.8 Å². The normalized spacial score (nSPS) is 10.9. The van der Waals surface area contributed by atoms with Gasteiger partial charge in [0.1, 0.15) is 0 Å².